The molecule has 0 saturated heterocycles. The van der Waals surface area contributed by atoms with Gasteiger partial charge in [0, 0.05) is 35.9 Å². The largest absolute Gasteiger partial charge is 0.433 e. The van der Waals surface area contributed by atoms with E-state index in [2.05, 4.69) is 19.9 Å². The lowest BCUT2D eigenvalue weighted by Gasteiger charge is -1.94. The van der Waals surface area contributed by atoms with Crippen molar-refractivity contribution in [3.63, 3.8) is 0 Å². The third-order valence-electron chi connectivity index (χ3n) is 3.29. The lowest BCUT2D eigenvalue weighted by molar-refractivity contribution is 0.0972. The topological polar surface area (TPSA) is 94.9 Å². The molecule has 0 atom stereocenters. The Hall–Kier alpha value is -3.61. The van der Waals surface area contributed by atoms with Crippen molar-refractivity contribution in [2.24, 2.45) is 0 Å². The third-order valence-corrected chi connectivity index (χ3v) is 3.29. The predicted octanol–water partition coefficient (Wildman–Crippen LogP) is 3.02. The molecule has 4 rings (SSSR count). The Morgan fingerprint density at radius 1 is 0.750 bits per heavy atom. The summed E-state index contributed by atoms with van der Waals surface area (Å²) in [6.07, 6.45) is 9.49. The van der Waals surface area contributed by atoms with Crippen LogP contribution >= 0.6 is 0 Å². The fourth-order valence-corrected chi connectivity index (χ4v) is 2.13. The molecule has 0 spiro atoms. The molecule has 4 aromatic rings. The average molecular weight is 318 g/mol. The number of hydrogen-bond acceptors (Lipinski definition) is 7. The van der Waals surface area contributed by atoms with Gasteiger partial charge in [0.05, 0.1) is 12.4 Å². The van der Waals surface area contributed by atoms with E-state index in [0.717, 1.165) is 11.1 Å². The van der Waals surface area contributed by atoms with Crippen molar-refractivity contribution in [1.29, 1.82) is 0 Å². The fraction of sp³-hybridized carbons (Fsp3) is 0. The number of hydrogen-bond donors (Lipinski definition) is 0. The summed E-state index contributed by atoms with van der Waals surface area (Å²) in [5.74, 6) is 0.193. The van der Waals surface area contributed by atoms with Gasteiger partial charge in [-0.2, -0.15) is 0 Å². The van der Waals surface area contributed by atoms with Gasteiger partial charge in [-0.3, -0.25) is 14.8 Å². The minimum atomic E-state index is -0.528. The van der Waals surface area contributed by atoms with Crippen molar-refractivity contribution in [3.8, 4) is 22.6 Å². The normalized spacial score (nSPS) is 10.7. The first-order chi connectivity index (χ1) is 11.8. The second-order valence-electron chi connectivity index (χ2n) is 4.87. The molecule has 0 fully saturated rings. The molecule has 116 valence electrons. The van der Waals surface area contributed by atoms with Gasteiger partial charge in [0.2, 0.25) is 0 Å². The van der Waals surface area contributed by atoms with Gasteiger partial charge in [0.25, 0.3) is 11.8 Å². The van der Waals surface area contributed by atoms with E-state index in [0.29, 0.717) is 11.5 Å². The monoisotopic (exact) mass is 318 g/mol. The first-order valence-corrected chi connectivity index (χ1v) is 7.08. The maximum absolute atomic E-state index is 12.4. The Balaban J connectivity index is 1.61. The van der Waals surface area contributed by atoms with E-state index in [1.54, 1.807) is 36.9 Å². The molecule has 0 radical (unpaired) electrons. The van der Waals surface area contributed by atoms with Crippen LogP contribution in [0.1, 0.15) is 16.6 Å². The number of carbonyl (C=O) groups is 1. The van der Waals surface area contributed by atoms with E-state index in [9.17, 15) is 4.79 Å². The zero-order chi connectivity index (χ0) is 16.4. The summed E-state index contributed by atoms with van der Waals surface area (Å²) in [6, 6.07) is 7.17. The van der Waals surface area contributed by atoms with Gasteiger partial charge in [-0.1, -0.05) is 0 Å². The molecule has 0 N–H and O–H groups in total. The summed E-state index contributed by atoms with van der Waals surface area (Å²) < 4.78 is 11.0. The highest BCUT2D eigenvalue weighted by Crippen LogP contribution is 2.23. The van der Waals surface area contributed by atoms with Gasteiger partial charge in [-0.25, -0.2) is 9.97 Å². The number of oxazole rings is 2. The van der Waals surface area contributed by atoms with Gasteiger partial charge < -0.3 is 8.83 Å². The van der Waals surface area contributed by atoms with Crippen molar-refractivity contribution in [3.05, 3.63) is 73.2 Å². The van der Waals surface area contributed by atoms with Gasteiger partial charge >= 0.3 is 5.78 Å². The summed E-state index contributed by atoms with van der Waals surface area (Å²) in [7, 11) is 0. The van der Waals surface area contributed by atoms with Crippen LogP contribution in [0, 0.1) is 0 Å². The molecular weight excluding hydrogens is 308 g/mol. The van der Waals surface area contributed by atoms with Crippen LogP contribution in [0.5, 0.6) is 0 Å². The van der Waals surface area contributed by atoms with E-state index in [-0.39, 0.29) is 11.8 Å². The summed E-state index contributed by atoms with van der Waals surface area (Å²) in [6.45, 7) is 0. The Morgan fingerprint density at radius 3 is 1.67 bits per heavy atom. The molecule has 0 saturated carbocycles. The van der Waals surface area contributed by atoms with Crippen LogP contribution in [0.25, 0.3) is 22.6 Å². The quantitative estimate of drug-likeness (QED) is 0.534. The standard InChI is InChI=1S/C17H10N4O3/c22-15(16-20-9-13(23-16)11-3-1-5-18-7-11)17-21-10-14(24-17)12-4-2-6-19-8-12/h1-10H. The second-order valence-corrected chi connectivity index (χ2v) is 4.87. The van der Waals surface area contributed by atoms with Gasteiger partial charge in [-0.15, -0.1) is 0 Å². The SMILES string of the molecule is O=C(c1ncc(-c2cccnc2)o1)c1ncc(-c2cccnc2)o1. The van der Waals surface area contributed by atoms with Crippen molar-refractivity contribution < 1.29 is 13.6 Å². The fourth-order valence-electron chi connectivity index (χ4n) is 2.13. The summed E-state index contributed by atoms with van der Waals surface area (Å²) in [4.78, 5) is 28.4. The van der Waals surface area contributed by atoms with Crippen molar-refractivity contribution in [1.82, 2.24) is 19.9 Å². The number of pyridine rings is 2. The molecule has 0 aliphatic rings. The maximum Gasteiger partial charge on any atom is 0.302 e. The van der Waals surface area contributed by atoms with Crippen LogP contribution < -0.4 is 0 Å². The first kappa shape index (κ1) is 14.0. The molecule has 0 aliphatic heterocycles. The molecule has 4 aromatic heterocycles. The zero-order valence-electron chi connectivity index (χ0n) is 12.3. The number of ketones is 1. The van der Waals surface area contributed by atoms with E-state index < -0.39 is 5.78 Å². The Kier molecular flexibility index (Phi) is 3.43. The van der Waals surface area contributed by atoms with Crippen LogP contribution in [0.15, 0.2) is 70.3 Å². The van der Waals surface area contributed by atoms with Crippen molar-refractivity contribution in [2.45, 2.75) is 0 Å². The molecular formula is C17H10N4O3. The number of nitrogens with zero attached hydrogens (tertiary/aromatic N) is 4. The number of rotatable bonds is 4. The highest BCUT2D eigenvalue weighted by molar-refractivity contribution is 6.02. The molecule has 0 aliphatic carbocycles. The maximum atomic E-state index is 12.4. The van der Waals surface area contributed by atoms with Gasteiger partial charge in [0.15, 0.2) is 11.5 Å². The summed E-state index contributed by atoms with van der Waals surface area (Å²) in [5, 5.41) is 0. The highest BCUT2D eigenvalue weighted by Gasteiger charge is 2.22. The molecule has 7 heteroatoms. The predicted molar refractivity (Wildman–Crippen MR) is 82.9 cm³/mol. The van der Waals surface area contributed by atoms with Crippen molar-refractivity contribution in [2.75, 3.05) is 0 Å². The second kappa shape index (κ2) is 5.88. The lowest BCUT2D eigenvalue weighted by Crippen LogP contribution is -2.01. The van der Waals surface area contributed by atoms with Crippen LogP contribution in [0.2, 0.25) is 0 Å². The smallest absolute Gasteiger partial charge is 0.302 e. The molecule has 0 unspecified atom stereocenters. The third kappa shape index (κ3) is 2.58. The van der Waals surface area contributed by atoms with E-state index in [1.807, 2.05) is 12.1 Å². The van der Waals surface area contributed by atoms with Crippen LogP contribution in [-0.2, 0) is 0 Å². The molecule has 0 aromatic carbocycles. The Labute approximate surface area is 136 Å². The highest BCUT2D eigenvalue weighted by atomic mass is 16.4. The molecule has 24 heavy (non-hydrogen) atoms. The van der Waals surface area contributed by atoms with E-state index in [1.165, 1.54) is 12.4 Å². The number of aromatic nitrogens is 4. The van der Waals surface area contributed by atoms with E-state index >= 15 is 0 Å². The molecule has 0 bridgehead atoms. The average Bonchev–Trinajstić information content (AvgIpc) is 3.33. The lowest BCUT2D eigenvalue weighted by atomic mass is 10.2. The Bertz CT molecular complexity index is 898. The van der Waals surface area contributed by atoms with Crippen molar-refractivity contribution >= 4 is 5.78 Å². The molecule has 0 amide bonds. The minimum Gasteiger partial charge on any atom is -0.433 e. The summed E-state index contributed by atoms with van der Waals surface area (Å²) >= 11 is 0. The molecule has 4 heterocycles. The van der Waals surface area contributed by atoms with Crippen LogP contribution in [-0.4, -0.2) is 25.7 Å². The van der Waals surface area contributed by atoms with Crippen LogP contribution in [0.3, 0.4) is 0 Å². The van der Waals surface area contributed by atoms with E-state index in [4.69, 9.17) is 8.83 Å². The minimum absolute atomic E-state index is 0.0894. The number of carbonyl (C=O) groups excluding carboxylic acids is 1. The zero-order valence-corrected chi connectivity index (χ0v) is 12.3. The van der Waals surface area contributed by atoms with Gasteiger partial charge in [-0.05, 0) is 24.3 Å². The first-order valence-electron chi connectivity index (χ1n) is 7.08. The summed E-state index contributed by atoms with van der Waals surface area (Å²) in [5.41, 5.74) is 1.46. The van der Waals surface area contributed by atoms with Gasteiger partial charge in [0.1, 0.15) is 0 Å². The van der Waals surface area contributed by atoms with Crippen LogP contribution in [0.4, 0.5) is 0 Å². The molecule has 7 nitrogen and oxygen atoms in total. The Morgan fingerprint density at radius 2 is 1.25 bits per heavy atom.